The van der Waals surface area contributed by atoms with Crippen LogP contribution in [0, 0.1) is 0 Å². The van der Waals surface area contributed by atoms with Crippen molar-refractivity contribution < 1.29 is 47.1 Å². The van der Waals surface area contributed by atoms with Crippen molar-refractivity contribution in [3.05, 3.63) is 0 Å². The van der Waals surface area contributed by atoms with E-state index in [1.165, 1.54) is 0 Å². The Morgan fingerprint density at radius 3 is 2.18 bits per heavy atom. The van der Waals surface area contributed by atoms with Gasteiger partial charge in [-0.15, -0.1) is 0 Å². The van der Waals surface area contributed by atoms with E-state index >= 15 is 0 Å². The van der Waals surface area contributed by atoms with E-state index in [9.17, 15) is 28.8 Å². The van der Waals surface area contributed by atoms with Crippen LogP contribution in [0.3, 0.4) is 0 Å². The number of hydrogen-bond acceptors (Lipinski definition) is 10. The van der Waals surface area contributed by atoms with Crippen LogP contribution in [0.15, 0.2) is 0 Å². The van der Waals surface area contributed by atoms with Crippen molar-refractivity contribution in [1.29, 1.82) is 0 Å². The summed E-state index contributed by atoms with van der Waals surface area (Å²) in [5, 5.41) is 47.1. The summed E-state index contributed by atoms with van der Waals surface area (Å²) in [6.45, 7) is -0.976. The van der Waals surface area contributed by atoms with Crippen LogP contribution in [0.5, 0.6) is 0 Å². The Morgan fingerprint density at radius 1 is 1.12 bits per heavy atom. The first-order valence-corrected chi connectivity index (χ1v) is 5.72. The second kappa shape index (κ2) is 3.57. The van der Waals surface area contributed by atoms with Crippen LogP contribution in [0.1, 0.15) is 0 Å². The lowest BCUT2D eigenvalue weighted by atomic mass is 9.92. The van der Waals surface area contributed by atoms with Gasteiger partial charge >= 0.3 is 10.4 Å². The molecule has 0 radical (unpaired) electrons. The van der Waals surface area contributed by atoms with Gasteiger partial charge in [0.1, 0.15) is 6.10 Å². The molecule has 5 N–H and O–H groups in total. The normalized spacial score (nSPS) is 53.4. The van der Waals surface area contributed by atoms with Gasteiger partial charge in [0.25, 0.3) is 5.79 Å². The molecule has 0 amide bonds. The largest absolute Gasteiger partial charge is 0.405 e. The van der Waals surface area contributed by atoms with Gasteiger partial charge in [-0.3, -0.25) is 0 Å². The van der Waals surface area contributed by atoms with Gasteiger partial charge in [0.15, 0.2) is 6.10 Å². The molecule has 0 saturated carbocycles. The maximum absolute atomic E-state index is 11.1. The molecule has 2 saturated heterocycles. The number of hydrogen-bond donors (Lipinski definition) is 5. The fourth-order valence-electron chi connectivity index (χ4n) is 1.66. The number of fused-ring (bicyclic) bond motifs is 2. The van der Waals surface area contributed by atoms with Crippen LogP contribution in [-0.2, 0) is 23.5 Å². The Morgan fingerprint density at radius 2 is 1.65 bits per heavy atom. The second-order valence-corrected chi connectivity index (χ2v) is 4.79. The number of ether oxygens (including phenoxy) is 1. The van der Waals surface area contributed by atoms with Crippen molar-refractivity contribution in [3.63, 3.8) is 0 Å². The van der Waals surface area contributed by atoms with E-state index < -0.39 is 47.1 Å². The van der Waals surface area contributed by atoms with Gasteiger partial charge in [-0.2, -0.15) is 8.42 Å². The molecule has 2 rings (SSSR count). The molecule has 0 aliphatic carbocycles. The Kier molecular flexibility index (Phi) is 2.74. The Bertz CT molecular complexity index is 421. The summed E-state index contributed by atoms with van der Waals surface area (Å²) in [4.78, 5) is 0. The third kappa shape index (κ3) is 1.68. The van der Waals surface area contributed by atoms with Gasteiger partial charge in [-0.05, 0) is 0 Å². The molecule has 2 fully saturated rings. The molecule has 2 aliphatic rings. The lowest BCUT2D eigenvalue weighted by Crippen LogP contribution is -2.78. The first kappa shape index (κ1) is 13.1. The first-order valence-electron chi connectivity index (χ1n) is 4.39. The summed E-state index contributed by atoms with van der Waals surface area (Å²) in [7, 11) is -4.88. The maximum Gasteiger partial charge on any atom is 0.405 e. The molecule has 0 aromatic rings. The van der Waals surface area contributed by atoms with Crippen molar-refractivity contribution in [2.45, 2.75) is 30.1 Å². The van der Waals surface area contributed by atoms with Gasteiger partial charge < -0.3 is 30.3 Å². The summed E-state index contributed by atoms with van der Waals surface area (Å²) >= 11 is 0. The summed E-state index contributed by atoms with van der Waals surface area (Å²) in [6, 6.07) is 0. The van der Waals surface area contributed by atoms with Crippen molar-refractivity contribution in [2.75, 3.05) is 6.61 Å². The third-order valence-electron chi connectivity index (χ3n) is 2.53. The average molecular weight is 274 g/mol. The molecule has 2 heterocycles. The molecule has 10 nitrogen and oxygen atoms in total. The molecule has 100 valence electrons. The van der Waals surface area contributed by atoms with Crippen molar-refractivity contribution in [1.82, 2.24) is 0 Å². The average Bonchev–Trinajstić information content (AvgIpc) is 2.19. The quantitative estimate of drug-likeness (QED) is 0.316. The number of aliphatic hydroxyl groups excluding tert-OH is 3. The fourth-order valence-corrected chi connectivity index (χ4v) is 2.72. The third-order valence-corrected chi connectivity index (χ3v) is 3.47. The van der Waals surface area contributed by atoms with E-state index in [1.807, 2.05) is 0 Å². The van der Waals surface area contributed by atoms with Crippen molar-refractivity contribution >= 4 is 10.4 Å². The Labute approximate surface area is 94.9 Å². The number of rotatable bonds is 1. The minimum Gasteiger partial charge on any atom is -0.393 e. The molecule has 17 heavy (non-hydrogen) atoms. The lowest BCUT2D eigenvalue weighted by Gasteiger charge is -2.52. The van der Waals surface area contributed by atoms with Gasteiger partial charge in [0, 0.05) is 0 Å². The molecule has 11 heteroatoms. The van der Waals surface area contributed by atoms with E-state index in [0.717, 1.165) is 0 Å². The zero-order valence-corrected chi connectivity index (χ0v) is 8.94. The predicted molar refractivity (Wildman–Crippen MR) is 45.0 cm³/mol. The highest BCUT2D eigenvalue weighted by atomic mass is 32.3. The molecule has 0 aromatic heterocycles. The number of aliphatic hydroxyl groups is 5. The fraction of sp³-hybridized carbons (Fsp3) is 1.00. The van der Waals surface area contributed by atoms with E-state index in [0.29, 0.717) is 0 Å². The van der Waals surface area contributed by atoms with Gasteiger partial charge in [-0.25, -0.2) is 8.37 Å². The predicted octanol–water partition coefficient (Wildman–Crippen LogP) is -4.27. The molecule has 0 unspecified atom stereocenters. The summed E-state index contributed by atoms with van der Waals surface area (Å²) in [5.74, 6) is -6.07. The topological polar surface area (TPSA) is 163 Å². The zero-order valence-electron chi connectivity index (χ0n) is 8.12. The minimum absolute atomic E-state index is 0.976. The molecule has 5 atom stereocenters. The van der Waals surface area contributed by atoms with Crippen LogP contribution in [0.25, 0.3) is 0 Å². The van der Waals surface area contributed by atoms with Gasteiger partial charge in [0.2, 0.25) is 12.1 Å². The van der Waals surface area contributed by atoms with E-state index in [1.54, 1.807) is 0 Å². The molecule has 0 spiro atoms. The van der Waals surface area contributed by atoms with Crippen LogP contribution >= 0.6 is 0 Å². The van der Waals surface area contributed by atoms with Crippen LogP contribution in [0.4, 0.5) is 0 Å². The zero-order chi connectivity index (χ0) is 13.1. The van der Waals surface area contributed by atoms with Crippen molar-refractivity contribution in [2.24, 2.45) is 0 Å². The van der Waals surface area contributed by atoms with Crippen LogP contribution in [0.2, 0.25) is 0 Å². The smallest absolute Gasteiger partial charge is 0.393 e. The summed E-state index contributed by atoms with van der Waals surface area (Å²) < 4.78 is 34.7. The van der Waals surface area contributed by atoms with Crippen LogP contribution < -0.4 is 0 Å². The van der Waals surface area contributed by atoms with Gasteiger partial charge in [-0.1, -0.05) is 0 Å². The maximum atomic E-state index is 11.1. The highest BCUT2D eigenvalue weighted by Crippen LogP contribution is 2.43. The molecule has 2 aliphatic heterocycles. The molecule has 2 bridgehead atoms. The summed E-state index contributed by atoms with van der Waals surface area (Å²) in [6.07, 6.45) is -6.44. The highest BCUT2D eigenvalue weighted by molar-refractivity contribution is 7.82. The Balaban J connectivity index is 2.53. The van der Waals surface area contributed by atoms with Crippen LogP contribution in [-0.4, -0.2) is 70.6 Å². The van der Waals surface area contributed by atoms with E-state index in [2.05, 4.69) is 13.1 Å². The van der Waals surface area contributed by atoms with E-state index in [-0.39, 0.29) is 0 Å². The molecular weight excluding hydrogens is 264 g/mol. The Hall–Kier alpha value is -0.370. The first-order chi connectivity index (χ1) is 7.66. The standard InChI is InChI=1S/C6H10O10S/c7-1-2-5(10)3(8)6(11,4(9)14-2)16-17(12,13)15-5/h2-4,7-11H,1H2/t2-,3+,4+,5-,6-/m1/s1. The lowest BCUT2D eigenvalue weighted by molar-refractivity contribution is -0.456. The molecule has 0 aromatic carbocycles. The highest BCUT2D eigenvalue weighted by Gasteiger charge is 2.71. The summed E-state index contributed by atoms with van der Waals surface area (Å²) in [5.41, 5.74) is 0. The van der Waals surface area contributed by atoms with Crippen molar-refractivity contribution in [3.8, 4) is 0 Å². The monoisotopic (exact) mass is 274 g/mol. The molecular formula is C6H10O10S. The van der Waals surface area contributed by atoms with E-state index in [4.69, 9.17) is 5.11 Å². The van der Waals surface area contributed by atoms with Gasteiger partial charge in [0.05, 0.1) is 6.61 Å². The SMILES string of the molecule is O=S1(=O)O[C@@]2(O)[C@H](O)[C@@](O)(O1)[C@@H](O)O[C@@H]2CO. The second-order valence-electron chi connectivity index (χ2n) is 3.64. The minimum atomic E-state index is -4.88.